The SMILES string of the molecule is [B]C1OC(CO)C(OC(=O)O)C1F. The molecular weight excluding hydrogens is 182 g/mol. The summed E-state index contributed by atoms with van der Waals surface area (Å²) < 4.78 is 21.9. The molecule has 0 spiro atoms. The maximum Gasteiger partial charge on any atom is 0.506 e. The molecule has 4 unspecified atom stereocenters. The normalized spacial score (nSPS) is 38.9. The molecule has 72 valence electrons. The molecule has 2 N–H and O–H groups in total. The van der Waals surface area contributed by atoms with E-state index < -0.39 is 37.1 Å². The van der Waals surface area contributed by atoms with Crippen LogP contribution in [0, 0.1) is 0 Å². The minimum Gasteiger partial charge on any atom is -0.450 e. The molecule has 1 aliphatic heterocycles. The Balaban J connectivity index is 2.62. The zero-order valence-electron chi connectivity index (χ0n) is 6.59. The zero-order valence-corrected chi connectivity index (χ0v) is 6.59. The Hall–Kier alpha value is -0.815. The van der Waals surface area contributed by atoms with E-state index in [1.54, 1.807) is 0 Å². The van der Waals surface area contributed by atoms with Crippen LogP contribution in [-0.2, 0) is 9.47 Å². The van der Waals surface area contributed by atoms with Crippen molar-refractivity contribution in [1.29, 1.82) is 0 Å². The molecule has 0 aromatic rings. The summed E-state index contributed by atoms with van der Waals surface area (Å²) in [6, 6.07) is -1.25. The highest BCUT2D eigenvalue weighted by atomic mass is 19.1. The van der Waals surface area contributed by atoms with Gasteiger partial charge in [-0.1, -0.05) is 0 Å². The summed E-state index contributed by atoms with van der Waals surface area (Å²) in [4.78, 5) is 10.1. The average molecular weight is 190 g/mol. The molecule has 0 aliphatic carbocycles. The summed E-state index contributed by atoms with van der Waals surface area (Å²) in [5.41, 5.74) is 0. The molecule has 4 atom stereocenters. The van der Waals surface area contributed by atoms with Crippen LogP contribution in [-0.4, -0.2) is 55.2 Å². The van der Waals surface area contributed by atoms with E-state index in [9.17, 15) is 9.18 Å². The van der Waals surface area contributed by atoms with Crippen LogP contribution in [0.4, 0.5) is 9.18 Å². The van der Waals surface area contributed by atoms with Gasteiger partial charge in [-0.15, -0.1) is 0 Å². The van der Waals surface area contributed by atoms with Gasteiger partial charge >= 0.3 is 6.16 Å². The number of aliphatic hydroxyl groups excluding tert-OH is 1. The molecule has 0 saturated carbocycles. The van der Waals surface area contributed by atoms with E-state index in [2.05, 4.69) is 4.74 Å². The number of carbonyl (C=O) groups is 1. The van der Waals surface area contributed by atoms with Gasteiger partial charge in [-0.3, -0.25) is 0 Å². The van der Waals surface area contributed by atoms with Crippen LogP contribution in [0.25, 0.3) is 0 Å². The monoisotopic (exact) mass is 190 g/mol. The lowest BCUT2D eigenvalue weighted by atomic mass is 9.94. The third kappa shape index (κ3) is 2.10. The van der Waals surface area contributed by atoms with Crippen molar-refractivity contribution in [1.82, 2.24) is 0 Å². The molecule has 1 saturated heterocycles. The lowest BCUT2D eigenvalue weighted by Crippen LogP contribution is -2.35. The Labute approximate surface area is 74.9 Å². The molecule has 0 amide bonds. The van der Waals surface area contributed by atoms with Crippen LogP contribution in [0.1, 0.15) is 0 Å². The van der Waals surface area contributed by atoms with Gasteiger partial charge in [-0.05, 0) is 0 Å². The predicted octanol–water partition coefficient (Wildman–Crippen LogP) is -0.727. The number of carboxylic acid groups (broad SMARTS) is 1. The second kappa shape index (κ2) is 3.93. The Morgan fingerprint density at radius 1 is 1.69 bits per heavy atom. The van der Waals surface area contributed by atoms with E-state index >= 15 is 0 Å². The molecule has 0 bridgehead atoms. The van der Waals surface area contributed by atoms with E-state index in [0.717, 1.165) is 0 Å². The summed E-state index contributed by atoms with van der Waals surface area (Å²) in [6.07, 6.45) is -5.74. The van der Waals surface area contributed by atoms with Crippen LogP contribution in [0.5, 0.6) is 0 Å². The van der Waals surface area contributed by atoms with Crippen molar-refractivity contribution in [3.05, 3.63) is 0 Å². The number of halogens is 1. The van der Waals surface area contributed by atoms with Crippen LogP contribution in [0.2, 0.25) is 0 Å². The summed E-state index contributed by atoms with van der Waals surface area (Å²) in [5.74, 6) is 0. The molecule has 1 heterocycles. The van der Waals surface area contributed by atoms with Crippen molar-refractivity contribution in [2.24, 2.45) is 0 Å². The summed E-state index contributed by atoms with van der Waals surface area (Å²) >= 11 is 0. The first kappa shape index (κ1) is 10.3. The molecule has 1 aliphatic rings. The molecule has 13 heavy (non-hydrogen) atoms. The van der Waals surface area contributed by atoms with Gasteiger partial charge < -0.3 is 19.7 Å². The van der Waals surface area contributed by atoms with Crippen molar-refractivity contribution >= 4 is 14.0 Å². The van der Waals surface area contributed by atoms with E-state index in [-0.39, 0.29) is 0 Å². The maximum atomic E-state index is 13.0. The number of alkyl halides is 1. The first-order chi connectivity index (χ1) is 6.06. The van der Waals surface area contributed by atoms with Crippen LogP contribution in [0.15, 0.2) is 0 Å². The Kier molecular flexibility index (Phi) is 3.10. The molecule has 0 aromatic carbocycles. The second-order valence-corrected chi connectivity index (χ2v) is 2.61. The van der Waals surface area contributed by atoms with Crippen molar-refractivity contribution < 1.29 is 28.9 Å². The fourth-order valence-corrected chi connectivity index (χ4v) is 1.15. The molecule has 0 aromatic heterocycles. The van der Waals surface area contributed by atoms with Crippen molar-refractivity contribution in [2.45, 2.75) is 24.4 Å². The third-order valence-corrected chi connectivity index (χ3v) is 1.74. The van der Waals surface area contributed by atoms with Crippen LogP contribution < -0.4 is 0 Å². The fourth-order valence-electron chi connectivity index (χ4n) is 1.15. The molecule has 1 fully saturated rings. The van der Waals surface area contributed by atoms with E-state index in [0.29, 0.717) is 0 Å². The number of rotatable bonds is 2. The third-order valence-electron chi connectivity index (χ3n) is 1.74. The minimum atomic E-state index is -1.74. The smallest absolute Gasteiger partial charge is 0.450 e. The van der Waals surface area contributed by atoms with Gasteiger partial charge in [-0.25, -0.2) is 9.18 Å². The van der Waals surface area contributed by atoms with Gasteiger partial charge in [0.1, 0.15) is 14.0 Å². The van der Waals surface area contributed by atoms with Gasteiger partial charge in [0.15, 0.2) is 12.3 Å². The lowest BCUT2D eigenvalue weighted by molar-refractivity contribution is -0.0283. The average Bonchev–Trinajstić information content (AvgIpc) is 2.31. The summed E-state index contributed by atoms with van der Waals surface area (Å²) in [5, 5.41) is 16.9. The quantitative estimate of drug-likeness (QED) is 0.443. The Morgan fingerprint density at radius 3 is 2.77 bits per heavy atom. The standard InChI is InChI=1S/C6H8BFO5/c7-5-3(8)4(13-6(10)11)2(1-9)12-5/h2-5,9H,1H2,(H,10,11). The first-order valence-electron chi connectivity index (χ1n) is 3.61. The number of ether oxygens (including phenoxy) is 2. The number of aliphatic hydroxyl groups is 1. The van der Waals surface area contributed by atoms with Gasteiger partial charge in [0.05, 0.1) is 12.6 Å². The minimum absolute atomic E-state index is 0.536. The van der Waals surface area contributed by atoms with E-state index in [1.165, 1.54) is 0 Å². The molecular formula is C6H8BFO5. The lowest BCUT2D eigenvalue weighted by Gasteiger charge is -2.15. The maximum absolute atomic E-state index is 13.0. The van der Waals surface area contributed by atoms with Crippen molar-refractivity contribution in [3.63, 3.8) is 0 Å². The highest BCUT2D eigenvalue weighted by molar-refractivity contribution is 6.11. The van der Waals surface area contributed by atoms with Crippen LogP contribution >= 0.6 is 0 Å². The highest BCUT2D eigenvalue weighted by Crippen LogP contribution is 2.24. The molecule has 1 rings (SSSR count). The molecule has 7 heteroatoms. The Morgan fingerprint density at radius 2 is 2.31 bits per heavy atom. The van der Waals surface area contributed by atoms with E-state index in [1.807, 2.05) is 0 Å². The van der Waals surface area contributed by atoms with Crippen molar-refractivity contribution in [3.8, 4) is 0 Å². The second-order valence-electron chi connectivity index (χ2n) is 2.61. The zero-order chi connectivity index (χ0) is 10.0. The Bertz CT molecular complexity index is 201. The molecule has 5 nitrogen and oxygen atoms in total. The number of hydrogen-bond donors (Lipinski definition) is 2. The summed E-state index contributed by atoms with van der Waals surface area (Å²) in [7, 11) is 5.13. The van der Waals surface area contributed by atoms with Crippen LogP contribution in [0.3, 0.4) is 0 Å². The molecule has 2 radical (unpaired) electrons. The van der Waals surface area contributed by atoms with Gasteiger partial charge in [-0.2, -0.15) is 0 Å². The fraction of sp³-hybridized carbons (Fsp3) is 0.833. The highest BCUT2D eigenvalue weighted by Gasteiger charge is 2.44. The summed E-state index contributed by atoms with van der Waals surface area (Å²) in [6.45, 7) is -0.536. The topological polar surface area (TPSA) is 76.0 Å². The first-order valence-corrected chi connectivity index (χ1v) is 3.61. The van der Waals surface area contributed by atoms with Crippen molar-refractivity contribution in [2.75, 3.05) is 6.61 Å². The predicted molar refractivity (Wildman–Crippen MR) is 39.3 cm³/mol. The number of hydrogen-bond acceptors (Lipinski definition) is 4. The largest absolute Gasteiger partial charge is 0.506 e. The van der Waals surface area contributed by atoms with Gasteiger partial charge in [0.2, 0.25) is 0 Å². The van der Waals surface area contributed by atoms with Gasteiger partial charge in [0.25, 0.3) is 0 Å². The van der Waals surface area contributed by atoms with E-state index in [4.69, 9.17) is 22.8 Å². The van der Waals surface area contributed by atoms with Gasteiger partial charge in [0, 0.05) is 0 Å².